The van der Waals surface area contributed by atoms with Crippen molar-refractivity contribution in [1.29, 1.82) is 0 Å². The van der Waals surface area contributed by atoms with Crippen LogP contribution in [0.2, 0.25) is 0 Å². The Morgan fingerprint density at radius 3 is 2.11 bits per heavy atom. The zero-order valence-electron chi connectivity index (χ0n) is 16.4. The molecular weight excluding hydrogens is 354 g/mol. The zero-order valence-corrected chi connectivity index (χ0v) is 16.4. The number of benzene rings is 2. The van der Waals surface area contributed by atoms with Crippen LogP contribution in [-0.4, -0.2) is 16.4 Å². The lowest BCUT2D eigenvalue weighted by molar-refractivity contribution is -0.117. The summed E-state index contributed by atoms with van der Waals surface area (Å²) < 4.78 is 1.51. The minimum absolute atomic E-state index is 0.0764. The molecule has 28 heavy (non-hydrogen) atoms. The van der Waals surface area contributed by atoms with Gasteiger partial charge >= 0.3 is 0 Å². The lowest BCUT2D eigenvalue weighted by Crippen LogP contribution is -2.28. The van der Waals surface area contributed by atoms with E-state index in [-0.39, 0.29) is 23.9 Å². The predicted molar refractivity (Wildman–Crippen MR) is 112 cm³/mol. The van der Waals surface area contributed by atoms with Gasteiger partial charge in [0.1, 0.15) is 6.54 Å². The SMILES string of the molecule is CC(=O)Nc1ccc(NC(=O)Cn2c(=O)cc(C)c3cc(C)cc(C)c32)cc1. The number of amides is 2. The molecule has 0 saturated carbocycles. The Kier molecular flexibility index (Phi) is 5.31. The minimum Gasteiger partial charge on any atom is -0.326 e. The molecular formula is C22H23N3O3. The largest absolute Gasteiger partial charge is 0.326 e. The van der Waals surface area contributed by atoms with Gasteiger partial charge in [-0.25, -0.2) is 0 Å². The van der Waals surface area contributed by atoms with Crippen LogP contribution in [-0.2, 0) is 16.1 Å². The molecule has 2 amide bonds. The summed E-state index contributed by atoms with van der Waals surface area (Å²) in [6.07, 6.45) is 0. The highest BCUT2D eigenvalue weighted by Gasteiger charge is 2.13. The lowest BCUT2D eigenvalue weighted by Gasteiger charge is -2.15. The molecule has 6 heteroatoms. The van der Waals surface area contributed by atoms with E-state index >= 15 is 0 Å². The average Bonchev–Trinajstić information content (AvgIpc) is 2.59. The van der Waals surface area contributed by atoms with E-state index in [2.05, 4.69) is 10.6 Å². The number of hydrogen-bond donors (Lipinski definition) is 2. The van der Waals surface area contributed by atoms with Crippen molar-refractivity contribution in [3.05, 3.63) is 69.5 Å². The van der Waals surface area contributed by atoms with Crippen LogP contribution in [0.5, 0.6) is 0 Å². The third-order valence-corrected chi connectivity index (χ3v) is 4.54. The summed E-state index contributed by atoms with van der Waals surface area (Å²) in [5, 5.41) is 6.45. The van der Waals surface area contributed by atoms with Crippen molar-refractivity contribution in [3.63, 3.8) is 0 Å². The Morgan fingerprint density at radius 2 is 1.50 bits per heavy atom. The molecule has 3 aromatic rings. The first-order valence-electron chi connectivity index (χ1n) is 9.03. The van der Waals surface area contributed by atoms with Crippen molar-refractivity contribution in [2.75, 3.05) is 10.6 Å². The van der Waals surface area contributed by atoms with Gasteiger partial charge in [-0.2, -0.15) is 0 Å². The normalized spacial score (nSPS) is 10.7. The molecule has 1 heterocycles. The highest BCUT2D eigenvalue weighted by Crippen LogP contribution is 2.22. The van der Waals surface area contributed by atoms with Crippen LogP contribution in [0.15, 0.2) is 47.3 Å². The number of pyridine rings is 1. The van der Waals surface area contributed by atoms with Crippen molar-refractivity contribution in [3.8, 4) is 0 Å². The Bertz CT molecular complexity index is 1130. The third-order valence-electron chi connectivity index (χ3n) is 4.54. The molecule has 0 saturated heterocycles. The van der Waals surface area contributed by atoms with E-state index in [4.69, 9.17) is 0 Å². The fraction of sp³-hybridized carbons (Fsp3) is 0.227. The van der Waals surface area contributed by atoms with E-state index in [1.165, 1.54) is 11.5 Å². The van der Waals surface area contributed by atoms with Crippen LogP contribution < -0.4 is 16.2 Å². The van der Waals surface area contributed by atoms with Crippen LogP contribution in [0.25, 0.3) is 10.9 Å². The number of anilines is 2. The summed E-state index contributed by atoms with van der Waals surface area (Å²) in [6.45, 7) is 7.22. The van der Waals surface area contributed by atoms with Crippen LogP contribution in [0, 0.1) is 20.8 Å². The number of aryl methyl sites for hydroxylation is 3. The Labute approximate surface area is 163 Å². The van der Waals surface area contributed by atoms with Gasteiger partial charge in [-0.3, -0.25) is 19.0 Å². The number of carbonyl (C=O) groups is 2. The molecule has 0 unspecified atom stereocenters. The molecule has 144 valence electrons. The highest BCUT2D eigenvalue weighted by atomic mass is 16.2. The summed E-state index contributed by atoms with van der Waals surface area (Å²) in [7, 11) is 0. The van der Waals surface area contributed by atoms with Crippen LogP contribution in [0.3, 0.4) is 0 Å². The molecule has 0 atom stereocenters. The number of aromatic nitrogens is 1. The summed E-state index contributed by atoms with van der Waals surface area (Å²) in [5.74, 6) is -0.451. The summed E-state index contributed by atoms with van der Waals surface area (Å²) in [4.78, 5) is 36.2. The van der Waals surface area contributed by atoms with E-state index in [1.807, 2.05) is 32.9 Å². The topological polar surface area (TPSA) is 80.2 Å². The lowest BCUT2D eigenvalue weighted by atomic mass is 10.0. The van der Waals surface area contributed by atoms with E-state index in [0.717, 1.165) is 27.6 Å². The maximum Gasteiger partial charge on any atom is 0.251 e. The van der Waals surface area contributed by atoms with Gasteiger partial charge < -0.3 is 10.6 Å². The maximum atomic E-state index is 12.6. The second-order valence-electron chi connectivity index (χ2n) is 7.04. The Hall–Kier alpha value is -3.41. The Balaban J connectivity index is 1.87. The van der Waals surface area contributed by atoms with Gasteiger partial charge in [0.15, 0.2) is 0 Å². The van der Waals surface area contributed by atoms with Crippen LogP contribution in [0.1, 0.15) is 23.6 Å². The Morgan fingerprint density at radius 1 is 0.893 bits per heavy atom. The first-order valence-corrected chi connectivity index (χ1v) is 9.03. The average molecular weight is 377 g/mol. The van der Waals surface area contributed by atoms with Gasteiger partial charge in [-0.05, 0) is 62.2 Å². The van der Waals surface area contributed by atoms with Gasteiger partial charge in [-0.1, -0.05) is 11.6 Å². The summed E-state index contributed by atoms with van der Waals surface area (Å²) in [5.41, 5.74) is 4.80. The molecule has 3 rings (SSSR count). The second kappa shape index (κ2) is 7.68. The quantitative estimate of drug-likeness (QED) is 0.730. The van der Waals surface area contributed by atoms with Crippen molar-refractivity contribution >= 4 is 34.1 Å². The fourth-order valence-corrected chi connectivity index (χ4v) is 3.41. The van der Waals surface area contributed by atoms with E-state index < -0.39 is 0 Å². The molecule has 2 aromatic carbocycles. The zero-order chi connectivity index (χ0) is 20.4. The van der Waals surface area contributed by atoms with Crippen molar-refractivity contribution in [1.82, 2.24) is 4.57 Å². The summed E-state index contributed by atoms with van der Waals surface area (Å²) in [6, 6.07) is 12.4. The number of nitrogens with zero attached hydrogens (tertiary/aromatic N) is 1. The number of hydrogen-bond acceptors (Lipinski definition) is 3. The van der Waals surface area contributed by atoms with Crippen molar-refractivity contribution < 1.29 is 9.59 Å². The van der Waals surface area contributed by atoms with E-state index in [0.29, 0.717) is 11.4 Å². The van der Waals surface area contributed by atoms with Crippen molar-refractivity contribution in [2.24, 2.45) is 0 Å². The molecule has 0 radical (unpaired) electrons. The van der Waals surface area contributed by atoms with Crippen molar-refractivity contribution in [2.45, 2.75) is 34.2 Å². The molecule has 0 bridgehead atoms. The molecule has 1 aromatic heterocycles. The van der Waals surface area contributed by atoms with Gasteiger partial charge in [-0.15, -0.1) is 0 Å². The molecule has 0 aliphatic carbocycles. The van der Waals surface area contributed by atoms with Gasteiger partial charge in [0.2, 0.25) is 11.8 Å². The molecule has 0 aliphatic rings. The van der Waals surface area contributed by atoms with Gasteiger partial charge in [0.05, 0.1) is 5.52 Å². The van der Waals surface area contributed by atoms with Gasteiger partial charge in [0, 0.05) is 29.8 Å². The van der Waals surface area contributed by atoms with E-state index in [9.17, 15) is 14.4 Å². The smallest absolute Gasteiger partial charge is 0.251 e. The molecule has 0 aliphatic heterocycles. The maximum absolute atomic E-state index is 12.6. The molecule has 2 N–H and O–H groups in total. The van der Waals surface area contributed by atoms with E-state index in [1.54, 1.807) is 30.3 Å². The first-order chi connectivity index (χ1) is 13.2. The monoisotopic (exact) mass is 377 g/mol. The molecule has 0 spiro atoms. The predicted octanol–water partition coefficient (Wildman–Crippen LogP) is 3.52. The van der Waals surface area contributed by atoms with Gasteiger partial charge in [0.25, 0.3) is 5.56 Å². The number of fused-ring (bicyclic) bond motifs is 1. The summed E-state index contributed by atoms with van der Waals surface area (Å²) >= 11 is 0. The minimum atomic E-state index is -0.292. The second-order valence-corrected chi connectivity index (χ2v) is 7.04. The number of carbonyl (C=O) groups excluding carboxylic acids is 2. The molecule has 6 nitrogen and oxygen atoms in total. The number of rotatable bonds is 4. The fourth-order valence-electron chi connectivity index (χ4n) is 3.41. The molecule has 0 fully saturated rings. The van der Waals surface area contributed by atoms with Crippen LogP contribution >= 0.6 is 0 Å². The highest BCUT2D eigenvalue weighted by molar-refractivity contribution is 5.93. The standard InChI is InChI=1S/C22H23N3O3/c1-13-9-15(3)22-19(10-13)14(2)11-21(28)25(22)12-20(27)24-18-7-5-17(6-8-18)23-16(4)26/h5-11H,12H2,1-4H3,(H,23,26)(H,24,27). The van der Waals surface area contributed by atoms with Crippen LogP contribution in [0.4, 0.5) is 11.4 Å². The number of nitrogens with one attached hydrogen (secondary N) is 2. The third kappa shape index (κ3) is 4.11. The first kappa shape index (κ1) is 19.4.